The zero-order valence-electron chi connectivity index (χ0n) is 20.1. The lowest BCUT2D eigenvalue weighted by Crippen LogP contribution is -2.46. The molecule has 2 aromatic rings. The third kappa shape index (κ3) is 6.46. The zero-order chi connectivity index (χ0) is 24.1. The van der Waals surface area contributed by atoms with Crippen molar-refractivity contribution in [2.45, 2.75) is 40.0 Å². The number of hydrogen-bond donors (Lipinski definition) is 1. The van der Waals surface area contributed by atoms with Crippen molar-refractivity contribution in [3.05, 3.63) is 59.2 Å². The van der Waals surface area contributed by atoms with Crippen LogP contribution in [0.5, 0.6) is 5.75 Å². The van der Waals surface area contributed by atoms with Gasteiger partial charge in [-0.3, -0.25) is 4.79 Å². The zero-order valence-corrected chi connectivity index (χ0v) is 20.9. The Morgan fingerprint density at radius 1 is 1.06 bits per heavy atom. The first-order valence-corrected chi connectivity index (χ1v) is 12.0. The highest BCUT2D eigenvalue weighted by Gasteiger charge is 2.28. The summed E-state index contributed by atoms with van der Waals surface area (Å²) in [5, 5.41) is 2.77. The summed E-state index contributed by atoms with van der Waals surface area (Å²) in [5.41, 5.74) is 3.20. The fourth-order valence-corrected chi connectivity index (χ4v) is 4.35. The quantitative estimate of drug-likeness (QED) is 0.581. The number of ether oxygens (including phenoxy) is 1. The molecular weight excluding hydrogens is 426 g/mol. The molecule has 2 aromatic carbocycles. The maximum Gasteiger partial charge on any atom is 0.304 e. The Bertz CT molecular complexity index is 1040. The van der Waals surface area contributed by atoms with E-state index < -0.39 is 16.1 Å². The normalized spacial score (nSPS) is 12.0. The summed E-state index contributed by atoms with van der Waals surface area (Å²) >= 11 is 0. The first kappa shape index (κ1) is 25.7. The standard InChI is InChI=1S/C24H35N3O4S/c1-18-12-13-19(2)21(16-18)27(32(29,30)26(6)7)17-23(28)25-14-15-31-22-11-9-8-10-20(22)24(3,4)5/h8-13,16H,14-15,17H2,1-7H3,(H,25,28). The molecule has 0 radical (unpaired) electrons. The minimum Gasteiger partial charge on any atom is -0.491 e. The number of aryl methyl sites for hydroxylation is 2. The third-order valence-corrected chi connectivity index (χ3v) is 6.84. The van der Waals surface area contributed by atoms with Crippen molar-refractivity contribution in [1.29, 1.82) is 0 Å². The topological polar surface area (TPSA) is 79.0 Å². The van der Waals surface area contributed by atoms with Gasteiger partial charge in [-0.2, -0.15) is 12.7 Å². The third-order valence-electron chi connectivity index (χ3n) is 5.04. The molecular formula is C24H35N3O4S. The lowest BCUT2D eigenvalue weighted by atomic mass is 9.86. The Labute approximate surface area is 192 Å². The number of nitrogens with one attached hydrogen (secondary N) is 1. The second-order valence-corrected chi connectivity index (χ2v) is 11.1. The van der Waals surface area contributed by atoms with Crippen LogP contribution in [0.2, 0.25) is 0 Å². The van der Waals surface area contributed by atoms with Gasteiger partial charge >= 0.3 is 10.2 Å². The van der Waals surface area contributed by atoms with Gasteiger partial charge in [-0.15, -0.1) is 0 Å². The average molecular weight is 462 g/mol. The Kier molecular flexibility index (Phi) is 8.31. The van der Waals surface area contributed by atoms with Gasteiger partial charge in [-0.1, -0.05) is 51.1 Å². The number of anilines is 1. The van der Waals surface area contributed by atoms with Gasteiger partial charge in [0.1, 0.15) is 18.9 Å². The van der Waals surface area contributed by atoms with Crippen molar-refractivity contribution in [3.8, 4) is 5.75 Å². The molecule has 0 spiro atoms. The fourth-order valence-electron chi connectivity index (χ4n) is 3.23. The first-order chi connectivity index (χ1) is 14.8. The minimum atomic E-state index is -3.85. The largest absolute Gasteiger partial charge is 0.491 e. The highest BCUT2D eigenvalue weighted by atomic mass is 32.2. The lowest BCUT2D eigenvalue weighted by molar-refractivity contribution is -0.119. The van der Waals surface area contributed by atoms with Gasteiger partial charge in [0.15, 0.2) is 0 Å². The summed E-state index contributed by atoms with van der Waals surface area (Å²) < 4.78 is 34.0. The number of hydrogen-bond acceptors (Lipinski definition) is 4. The maximum atomic E-state index is 12.9. The molecule has 0 fully saturated rings. The summed E-state index contributed by atoms with van der Waals surface area (Å²) in [6, 6.07) is 13.4. The molecule has 0 aliphatic heterocycles. The van der Waals surface area contributed by atoms with E-state index in [1.54, 1.807) is 6.07 Å². The Morgan fingerprint density at radius 2 is 1.72 bits per heavy atom. The van der Waals surface area contributed by atoms with E-state index in [1.165, 1.54) is 14.1 Å². The number of rotatable bonds is 9. The van der Waals surface area contributed by atoms with Crippen molar-refractivity contribution >= 4 is 21.8 Å². The van der Waals surface area contributed by atoms with Crippen LogP contribution in [0.1, 0.15) is 37.5 Å². The second kappa shape index (κ2) is 10.4. The van der Waals surface area contributed by atoms with Crippen LogP contribution in [-0.2, 0) is 20.4 Å². The van der Waals surface area contributed by atoms with E-state index in [4.69, 9.17) is 4.74 Å². The van der Waals surface area contributed by atoms with E-state index in [1.807, 2.05) is 50.2 Å². The molecule has 32 heavy (non-hydrogen) atoms. The molecule has 7 nitrogen and oxygen atoms in total. The minimum absolute atomic E-state index is 0.0629. The van der Waals surface area contributed by atoms with Crippen LogP contribution >= 0.6 is 0 Å². The molecule has 1 N–H and O–H groups in total. The molecule has 0 unspecified atom stereocenters. The van der Waals surface area contributed by atoms with Gasteiger partial charge in [0.25, 0.3) is 0 Å². The summed E-state index contributed by atoms with van der Waals surface area (Å²) in [7, 11) is -0.947. The monoisotopic (exact) mass is 461 g/mol. The number of carbonyl (C=O) groups is 1. The number of nitrogens with zero attached hydrogens (tertiary/aromatic N) is 2. The number of para-hydroxylation sites is 1. The smallest absolute Gasteiger partial charge is 0.304 e. The molecule has 1 amide bonds. The number of carbonyl (C=O) groups excluding carboxylic acids is 1. The summed E-state index contributed by atoms with van der Waals surface area (Å²) in [4.78, 5) is 12.6. The van der Waals surface area contributed by atoms with Crippen LogP contribution in [0.15, 0.2) is 42.5 Å². The molecule has 0 aliphatic rings. The highest BCUT2D eigenvalue weighted by Crippen LogP contribution is 2.30. The van der Waals surface area contributed by atoms with E-state index in [-0.39, 0.29) is 25.1 Å². The molecule has 0 bridgehead atoms. The Hall–Kier alpha value is -2.58. The van der Waals surface area contributed by atoms with E-state index in [9.17, 15) is 13.2 Å². The molecule has 0 atom stereocenters. The molecule has 0 aliphatic carbocycles. The van der Waals surface area contributed by atoms with Gasteiger partial charge in [-0.25, -0.2) is 4.31 Å². The van der Waals surface area contributed by atoms with Crippen molar-refractivity contribution < 1.29 is 17.9 Å². The van der Waals surface area contributed by atoms with Gasteiger partial charge in [0, 0.05) is 14.1 Å². The predicted molar refractivity (Wildman–Crippen MR) is 130 cm³/mol. The van der Waals surface area contributed by atoms with E-state index >= 15 is 0 Å². The predicted octanol–water partition coefficient (Wildman–Crippen LogP) is 3.41. The maximum absolute atomic E-state index is 12.9. The van der Waals surface area contributed by atoms with E-state index in [0.29, 0.717) is 5.69 Å². The van der Waals surface area contributed by atoms with Crippen molar-refractivity contribution in [3.63, 3.8) is 0 Å². The molecule has 0 heterocycles. The summed E-state index contributed by atoms with van der Waals surface area (Å²) in [6.07, 6.45) is 0. The number of benzene rings is 2. The van der Waals surface area contributed by atoms with Crippen molar-refractivity contribution in [2.24, 2.45) is 0 Å². The van der Waals surface area contributed by atoms with Gasteiger partial charge in [0.2, 0.25) is 5.91 Å². The first-order valence-electron chi connectivity index (χ1n) is 10.6. The molecule has 176 valence electrons. The van der Waals surface area contributed by atoms with Crippen LogP contribution in [-0.4, -0.2) is 52.4 Å². The van der Waals surface area contributed by atoms with Crippen LogP contribution in [0.25, 0.3) is 0 Å². The van der Waals surface area contributed by atoms with E-state index in [2.05, 4.69) is 26.1 Å². The van der Waals surface area contributed by atoms with Crippen LogP contribution < -0.4 is 14.4 Å². The molecule has 0 saturated heterocycles. The van der Waals surface area contributed by atoms with Gasteiger partial charge in [0.05, 0.1) is 12.2 Å². The average Bonchev–Trinajstić information content (AvgIpc) is 2.70. The van der Waals surface area contributed by atoms with Crippen LogP contribution in [0.3, 0.4) is 0 Å². The van der Waals surface area contributed by atoms with Crippen molar-refractivity contribution in [1.82, 2.24) is 9.62 Å². The molecule has 0 saturated carbocycles. The Balaban J connectivity index is 2.07. The van der Waals surface area contributed by atoms with Crippen molar-refractivity contribution in [2.75, 3.05) is 38.1 Å². The highest BCUT2D eigenvalue weighted by molar-refractivity contribution is 7.90. The molecule has 8 heteroatoms. The fraction of sp³-hybridized carbons (Fsp3) is 0.458. The van der Waals surface area contributed by atoms with Gasteiger partial charge in [-0.05, 0) is 48.1 Å². The van der Waals surface area contributed by atoms with Crippen LogP contribution in [0, 0.1) is 13.8 Å². The van der Waals surface area contributed by atoms with E-state index in [0.717, 1.165) is 31.1 Å². The molecule has 0 aromatic heterocycles. The SMILES string of the molecule is Cc1ccc(C)c(N(CC(=O)NCCOc2ccccc2C(C)(C)C)S(=O)(=O)N(C)C)c1. The molecule has 2 rings (SSSR count). The summed E-state index contributed by atoms with van der Waals surface area (Å²) in [5.74, 6) is 0.380. The second-order valence-electron chi connectivity index (χ2n) is 9.03. The van der Waals surface area contributed by atoms with Crippen LogP contribution in [0.4, 0.5) is 5.69 Å². The summed E-state index contributed by atoms with van der Waals surface area (Å²) in [6.45, 7) is 10.3. The Morgan fingerprint density at radius 3 is 2.34 bits per heavy atom. The lowest BCUT2D eigenvalue weighted by Gasteiger charge is -2.28. The van der Waals surface area contributed by atoms with Gasteiger partial charge < -0.3 is 10.1 Å². The number of amides is 1.